The third-order valence-corrected chi connectivity index (χ3v) is 1.88. The Balaban J connectivity index is 3.25. The quantitative estimate of drug-likeness (QED) is 0.577. The van der Waals surface area contributed by atoms with Crippen LogP contribution in [0.3, 0.4) is 0 Å². The number of nitrogen functional groups attached to an aromatic ring is 1. The summed E-state index contributed by atoms with van der Waals surface area (Å²) in [6.07, 6.45) is 0. The second kappa shape index (κ2) is 2.42. The first-order valence-corrected chi connectivity index (χ1v) is 3.21. The molecule has 0 aliphatic heterocycles. The van der Waals surface area contributed by atoms with E-state index >= 15 is 0 Å². The molecule has 1 radical (unpaired) electrons. The van der Waals surface area contributed by atoms with Crippen LogP contribution in [-0.4, -0.2) is 0 Å². The Morgan fingerprint density at radius 3 is 2.56 bits per heavy atom. The molecular formula is C6H5ClNS. The smallest absolute Gasteiger partial charge is 0.0792 e. The lowest BCUT2D eigenvalue weighted by Gasteiger charge is -1.96. The van der Waals surface area contributed by atoms with Crippen LogP contribution in [0.2, 0.25) is 5.02 Å². The van der Waals surface area contributed by atoms with Gasteiger partial charge in [0, 0.05) is 0 Å². The minimum absolute atomic E-state index is 0.541. The van der Waals surface area contributed by atoms with Crippen LogP contribution >= 0.6 is 24.2 Å². The topological polar surface area (TPSA) is 26.0 Å². The van der Waals surface area contributed by atoms with Crippen LogP contribution in [-0.2, 0) is 0 Å². The standard InChI is InChI=1S/C6H5ClNS/c7-4-2-1-3-5(8)6(4)9/h1-3H,8H2. The molecule has 0 aliphatic rings. The SMILES string of the molecule is Nc1cccc(Cl)c1[S]. The van der Waals surface area contributed by atoms with E-state index in [1.54, 1.807) is 18.2 Å². The Morgan fingerprint density at radius 1 is 1.44 bits per heavy atom. The lowest BCUT2D eigenvalue weighted by molar-refractivity contribution is 1.47. The van der Waals surface area contributed by atoms with E-state index in [4.69, 9.17) is 30.0 Å². The molecule has 0 heterocycles. The molecule has 2 N–H and O–H groups in total. The molecule has 1 rings (SSSR count). The van der Waals surface area contributed by atoms with Crippen molar-refractivity contribution in [2.24, 2.45) is 0 Å². The van der Waals surface area contributed by atoms with E-state index < -0.39 is 0 Å². The number of hydrogen-bond donors (Lipinski definition) is 1. The maximum Gasteiger partial charge on any atom is 0.0792 e. The van der Waals surface area contributed by atoms with Crippen molar-refractivity contribution in [2.45, 2.75) is 4.90 Å². The largest absolute Gasteiger partial charge is 0.398 e. The number of benzene rings is 1. The summed E-state index contributed by atoms with van der Waals surface area (Å²) in [6.45, 7) is 0. The Labute approximate surface area is 64.2 Å². The van der Waals surface area contributed by atoms with Crippen LogP contribution in [0.5, 0.6) is 0 Å². The summed E-state index contributed by atoms with van der Waals surface area (Å²) in [5, 5.41) is 0.546. The van der Waals surface area contributed by atoms with E-state index in [0.29, 0.717) is 15.6 Å². The summed E-state index contributed by atoms with van der Waals surface area (Å²) in [6, 6.07) is 5.22. The van der Waals surface area contributed by atoms with Crippen LogP contribution in [0.15, 0.2) is 23.1 Å². The molecule has 0 bridgehead atoms. The highest BCUT2D eigenvalue weighted by molar-refractivity contribution is 7.80. The van der Waals surface area contributed by atoms with Crippen molar-refractivity contribution in [1.29, 1.82) is 0 Å². The van der Waals surface area contributed by atoms with Crippen molar-refractivity contribution >= 4 is 29.9 Å². The van der Waals surface area contributed by atoms with Gasteiger partial charge in [-0.25, -0.2) is 0 Å². The molecule has 0 saturated carbocycles. The molecule has 0 spiro atoms. The molecular weight excluding hydrogens is 154 g/mol. The van der Waals surface area contributed by atoms with Crippen LogP contribution < -0.4 is 5.73 Å². The minimum Gasteiger partial charge on any atom is -0.398 e. The van der Waals surface area contributed by atoms with Gasteiger partial charge >= 0.3 is 0 Å². The monoisotopic (exact) mass is 158 g/mol. The first-order chi connectivity index (χ1) is 4.22. The molecule has 0 aromatic heterocycles. The third-order valence-electron chi connectivity index (χ3n) is 0.997. The van der Waals surface area contributed by atoms with E-state index in [9.17, 15) is 0 Å². The highest BCUT2D eigenvalue weighted by atomic mass is 35.5. The van der Waals surface area contributed by atoms with Crippen molar-refractivity contribution in [2.75, 3.05) is 5.73 Å². The molecule has 1 aromatic carbocycles. The molecule has 0 aliphatic carbocycles. The zero-order chi connectivity index (χ0) is 6.85. The van der Waals surface area contributed by atoms with Gasteiger partial charge in [0.25, 0.3) is 0 Å². The van der Waals surface area contributed by atoms with Gasteiger partial charge in [0.15, 0.2) is 0 Å². The van der Waals surface area contributed by atoms with Crippen molar-refractivity contribution in [3.8, 4) is 0 Å². The Bertz CT molecular complexity index is 204. The van der Waals surface area contributed by atoms with Gasteiger partial charge < -0.3 is 5.73 Å². The van der Waals surface area contributed by atoms with Crippen LogP contribution in [0.1, 0.15) is 0 Å². The molecule has 1 nitrogen and oxygen atoms in total. The van der Waals surface area contributed by atoms with Crippen molar-refractivity contribution < 1.29 is 0 Å². The van der Waals surface area contributed by atoms with Gasteiger partial charge in [-0.2, -0.15) is 0 Å². The molecule has 1 aromatic rings. The fraction of sp³-hybridized carbons (Fsp3) is 0. The van der Waals surface area contributed by atoms with Crippen molar-refractivity contribution in [3.05, 3.63) is 23.2 Å². The van der Waals surface area contributed by atoms with Crippen molar-refractivity contribution in [3.63, 3.8) is 0 Å². The van der Waals surface area contributed by atoms with Crippen LogP contribution in [0.4, 0.5) is 5.69 Å². The second-order valence-corrected chi connectivity index (χ2v) is 2.47. The minimum atomic E-state index is 0.541. The molecule has 0 atom stereocenters. The first kappa shape index (κ1) is 6.65. The summed E-state index contributed by atoms with van der Waals surface area (Å²) < 4.78 is 0. The molecule has 0 saturated heterocycles. The van der Waals surface area contributed by atoms with E-state index in [1.165, 1.54) is 0 Å². The zero-order valence-electron chi connectivity index (χ0n) is 4.60. The molecule has 3 heteroatoms. The number of hydrogen-bond acceptors (Lipinski definition) is 1. The third kappa shape index (κ3) is 1.26. The normalized spacial score (nSPS) is 9.44. The van der Waals surface area contributed by atoms with Gasteiger partial charge in [0.1, 0.15) is 0 Å². The van der Waals surface area contributed by atoms with E-state index in [-0.39, 0.29) is 0 Å². The van der Waals surface area contributed by atoms with Gasteiger partial charge in [0.05, 0.1) is 15.6 Å². The van der Waals surface area contributed by atoms with Gasteiger partial charge in [-0.3, -0.25) is 0 Å². The first-order valence-electron chi connectivity index (χ1n) is 2.43. The Hall–Kier alpha value is -0.470. The van der Waals surface area contributed by atoms with Gasteiger partial charge in [-0.1, -0.05) is 30.3 Å². The average Bonchev–Trinajstić information content (AvgIpc) is 1.83. The molecule has 0 unspecified atom stereocenters. The maximum absolute atomic E-state index is 5.63. The fourth-order valence-corrected chi connectivity index (χ4v) is 0.843. The summed E-state index contributed by atoms with van der Waals surface area (Å²) in [5.74, 6) is 0. The highest BCUT2D eigenvalue weighted by Crippen LogP contribution is 2.24. The summed E-state index contributed by atoms with van der Waals surface area (Å²) in [5.41, 5.74) is 6.00. The predicted molar refractivity (Wildman–Crippen MR) is 41.7 cm³/mol. The summed E-state index contributed by atoms with van der Waals surface area (Å²) in [4.78, 5) is 0.541. The van der Waals surface area contributed by atoms with E-state index in [0.717, 1.165) is 0 Å². The lowest BCUT2D eigenvalue weighted by Crippen LogP contribution is -1.85. The molecule has 0 amide bonds. The predicted octanol–water partition coefficient (Wildman–Crippen LogP) is 2.48. The Kier molecular flexibility index (Phi) is 1.78. The second-order valence-electron chi connectivity index (χ2n) is 1.66. The number of halogens is 1. The van der Waals surface area contributed by atoms with Crippen LogP contribution in [0, 0.1) is 0 Å². The zero-order valence-corrected chi connectivity index (χ0v) is 6.17. The number of rotatable bonds is 0. The molecule has 0 fully saturated rings. The number of anilines is 1. The van der Waals surface area contributed by atoms with Crippen LogP contribution in [0.25, 0.3) is 0 Å². The average molecular weight is 159 g/mol. The maximum atomic E-state index is 5.63. The van der Waals surface area contributed by atoms with E-state index in [2.05, 4.69) is 0 Å². The van der Waals surface area contributed by atoms with E-state index in [1.807, 2.05) is 0 Å². The van der Waals surface area contributed by atoms with Crippen molar-refractivity contribution in [1.82, 2.24) is 0 Å². The highest BCUT2D eigenvalue weighted by Gasteiger charge is 1.97. The lowest BCUT2D eigenvalue weighted by atomic mass is 10.3. The summed E-state index contributed by atoms with van der Waals surface area (Å²) in [7, 11) is 0. The summed E-state index contributed by atoms with van der Waals surface area (Å²) >= 11 is 10.5. The molecule has 47 valence electrons. The number of nitrogens with two attached hydrogens (primary N) is 1. The van der Waals surface area contributed by atoms with Gasteiger partial charge in [-0.05, 0) is 12.1 Å². The molecule has 9 heavy (non-hydrogen) atoms. The van der Waals surface area contributed by atoms with Gasteiger partial charge in [-0.15, -0.1) is 0 Å². The Morgan fingerprint density at radius 2 is 2.11 bits per heavy atom. The van der Waals surface area contributed by atoms with Gasteiger partial charge in [0.2, 0.25) is 0 Å². The fourth-order valence-electron chi connectivity index (χ4n) is 0.526.